The van der Waals surface area contributed by atoms with Gasteiger partial charge in [-0.25, -0.2) is 4.98 Å². The van der Waals surface area contributed by atoms with Crippen LogP contribution in [0.3, 0.4) is 0 Å². The highest BCUT2D eigenvalue weighted by Crippen LogP contribution is 2.29. The van der Waals surface area contributed by atoms with E-state index >= 15 is 0 Å². The van der Waals surface area contributed by atoms with E-state index in [1.54, 1.807) is 13.2 Å². The number of ether oxygens (including phenoxy) is 1. The molecule has 0 aliphatic heterocycles. The molecule has 0 aliphatic carbocycles. The molecule has 0 aliphatic rings. The van der Waals surface area contributed by atoms with Gasteiger partial charge in [0.2, 0.25) is 5.91 Å². The molecule has 0 saturated carbocycles. The monoisotopic (exact) mass is 351 g/mol. The second-order valence-corrected chi connectivity index (χ2v) is 6.11. The van der Waals surface area contributed by atoms with E-state index in [4.69, 9.17) is 10.5 Å². The third-order valence-electron chi connectivity index (χ3n) is 3.50. The first-order chi connectivity index (χ1) is 12.2. The summed E-state index contributed by atoms with van der Waals surface area (Å²) in [7, 11) is 1.61. The Morgan fingerprint density at radius 3 is 2.84 bits per heavy atom. The highest BCUT2D eigenvalue weighted by molar-refractivity contribution is 7.13. The minimum Gasteiger partial charge on any atom is -0.497 e. The zero-order chi connectivity index (χ0) is 17.6. The number of nitrogens with one attached hydrogen (secondary N) is 1. The van der Waals surface area contributed by atoms with Crippen molar-refractivity contribution >= 4 is 34.1 Å². The molecule has 6 heteroatoms. The summed E-state index contributed by atoms with van der Waals surface area (Å²) >= 11 is 1.37. The van der Waals surface area contributed by atoms with Gasteiger partial charge < -0.3 is 15.8 Å². The van der Waals surface area contributed by atoms with E-state index in [1.165, 1.54) is 17.4 Å². The molecule has 1 aromatic heterocycles. The number of anilines is 2. The first-order valence-corrected chi connectivity index (χ1v) is 8.47. The van der Waals surface area contributed by atoms with Crippen molar-refractivity contribution in [3.05, 3.63) is 65.6 Å². The van der Waals surface area contributed by atoms with Gasteiger partial charge in [0.05, 0.1) is 18.5 Å². The topological polar surface area (TPSA) is 77.2 Å². The zero-order valence-corrected chi connectivity index (χ0v) is 14.4. The van der Waals surface area contributed by atoms with Crippen molar-refractivity contribution in [2.45, 2.75) is 0 Å². The molecule has 0 radical (unpaired) electrons. The van der Waals surface area contributed by atoms with Crippen LogP contribution >= 0.6 is 11.3 Å². The van der Waals surface area contributed by atoms with E-state index in [0.29, 0.717) is 10.8 Å². The molecular formula is C19H17N3O2S. The number of carbonyl (C=O) groups is 1. The van der Waals surface area contributed by atoms with Gasteiger partial charge in [0.15, 0.2) is 5.13 Å². The maximum Gasteiger partial charge on any atom is 0.248 e. The number of para-hydroxylation sites is 1. The summed E-state index contributed by atoms with van der Waals surface area (Å²) in [4.78, 5) is 16.5. The number of nitrogens with zero attached hydrogens (tertiary/aromatic N) is 1. The average molecular weight is 351 g/mol. The fraction of sp³-hybridized carbons (Fsp3) is 0.0526. The van der Waals surface area contributed by atoms with Crippen LogP contribution < -0.4 is 15.8 Å². The van der Waals surface area contributed by atoms with Crippen molar-refractivity contribution < 1.29 is 9.53 Å². The molecule has 0 atom stereocenters. The molecule has 1 heterocycles. The van der Waals surface area contributed by atoms with Crippen LogP contribution in [0.5, 0.6) is 5.75 Å². The van der Waals surface area contributed by atoms with Crippen molar-refractivity contribution in [3.8, 4) is 17.0 Å². The largest absolute Gasteiger partial charge is 0.497 e. The number of carbonyl (C=O) groups excluding carboxylic acids is 1. The van der Waals surface area contributed by atoms with Crippen molar-refractivity contribution in [3.63, 3.8) is 0 Å². The van der Waals surface area contributed by atoms with Gasteiger partial charge in [-0.3, -0.25) is 4.79 Å². The Morgan fingerprint density at radius 2 is 2.08 bits per heavy atom. The number of hydrogen-bond donors (Lipinski definition) is 2. The van der Waals surface area contributed by atoms with E-state index in [1.807, 2.05) is 53.9 Å². The van der Waals surface area contributed by atoms with E-state index in [2.05, 4.69) is 10.3 Å². The summed E-state index contributed by atoms with van der Waals surface area (Å²) in [5, 5.41) is 5.25. The molecule has 0 bridgehead atoms. The van der Waals surface area contributed by atoms with Gasteiger partial charge >= 0.3 is 0 Å². The van der Waals surface area contributed by atoms with Crippen molar-refractivity contribution in [1.82, 2.24) is 4.98 Å². The van der Waals surface area contributed by atoms with Gasteiger partial charge in [-0.1, -0.05) is 30.3 Å². The lowest BCUT2D eigenvalue weighted by Crippen LogP contribution is -2.08. The number of aromatic nitrogens is 1. The minimum atomic E-state index is -0.224. The minimum absolute atomic E-state index is 0.224. The summed E-state index contributed by atoms with van der Waals surface area (Å²) in [5.74, 6) is 0.521. The van der Waals surface area contributed by atoms with Gasteiger partial charge in [0.1, 0.15) is 5.75 Å². The fourth-order valence-corrected chi connectivity index (χ4v) is 2.88. The van der Waals surface area contributed by atoms with Gasteiger partial charge in [-0.15, -0.1) is 11.3 Å². The normalized spacial score (nSPS) is 10.8. The van der Waals surface area contributed by atoms with E-state index in [9.17, 15) is 4.79 Å². The summed E-state index contributed by atoms with van der Waals surface area (Å²) in [6.45, 7) is 0. The molecule has 3 aromatic rings. The molecule has 0 unspecified atom stereocenters. The maximum absolute atomic E-state index is 12.3. The first kappa shape index (κ1) is 16.7. The SMILES string of the molecule is COc1cccc(/C=C/C(=O)Nc2ccccc2-c2csc(N)n2)c1. The van der Waals surface area contributed by atoms with E-state index in [0.717, 1.165) is 22.6 Å². The number of amides is 1. The lowest BCUT2D eigenvalue weighted by Gasteiger charge is -2.07. The predicted octanol–water partition coefficient (Wildman–Crippen LogP) is 4.05. The van der Waals surface area contributed by atoms with Crippen LogP contribution in [0, 0.1) is 0 Å². The number of nitrogens with two attached hydrogens (primary N) is 1. The lowest BCUT2D eigenvalue weighted by molar-refractivity contribution is -0.111. The molecule has 25 heavy (non-hydrogen) atoms. The first-order valence-electron chi connectivity index (χ1n) is 7.59. The van der Waals surface area contributed by atoms with Crippen LogP contribution in [0.15, 0.2) is 60.0 Å². The number of hydrogen-bond acceptors (Lipinski definition) is 5. The standard InChI is InChI=1S/C19H17N3O2S/c1-24-14-6-4-5-13(11-14)9-10-18(23)21-16-8-3-2-7-15(16)17-12-25-19(20)22-17/h2-12H,1H3,(H2,20,22)(H,21,23)/b10-9+. The molecule has 0 spiro atoms. The van der Waals surface area contributed by atoms with Crippen LogP contribution in [0.1, 0.15) is 5.56 Å². The Bertz CT molecular complexity index is 918. The number of rotatable bonds is 5. The Balaban J connectivity index is 1.76. The molecule has 0 fully saturated rings. The molecule has 5 nitrogen and oxygen atoms in total. The van der Waals surface area contributed by atoms with Gasteiger partial charge in [-0.2, -0.15) is 0 Å². The van der Waals surface area contributed by atoms with Gasteiger partial charge in [0.25, 0.3) is 0 Å². The Kier molecular flexibility index (Phi) is 5.11. The molecule has 126 valence electrons. The zero-order valence-electron chi connectivity index (χ0n) is 13.6. The molecule has 1 amide bonds. The third kappa shape index (κ3) is 4.24. The number of methoxy groups -OCH3 is 1. The lowest BCUT2D eigenvalue weighted by atomic mass is 10.1. The second-order valence-electron chi connectivity index (χ2n) is 5.22. The molecule has 3 N–H and O–H groups in total. The Morgan fingerprint density at radius 1 is 1.24 bits per heavy atom. The maximum atomic E-state index is 12.3. The Labute approximate surface area is 149 Å². The summed E-state index contributed by atoms with van der Waals surface area (Å²) in [6, 6.07) is 15.0. The van der Waals surface area contributed by atoms with Crippen molar-refractivity contribution in [1.29, 1.82) is 0 Å². The van der Waals surface area contributed by atoms with Crippen LogP contribution in [0.2, 0.25) is 0 Å². The summed E-state index contributed by atoms with van der Waals surface area (Å²) in [6.07, 6.45) is 3.22. The van der Waals surface area contributed by atoms with Crippen molar-refractivity contribution in [2.75, 3.05) is 18.2 Å². The molecule has 3 rings (SSSR count). The van der Waals surface area contributed by atoms with Crippen molar-refractivity contribution in [2.24, 2.45) is 0 Å². The predicted molar refractivity (Wildman–Crippen MR) is 103 cm³/mol. The van der Waals surface area contributed by atoms with Gasteiger partial charge in [-0.05, 0) is 29.8 Å². The van der Waals surface area contributed by atoms with E-state index in [-0.39, 0.29) is 5.91 Å². The Hall–Kier alpha value is -3.12. The van der Waals surface area contributed by atoms with Gasteiger partial charge in [0, 0.05) is 17.0 Å². The number of nitrogen functional groups attached to an aromatic ring is 1. The summed E-state index contributed by atoms with van der Waals surface area (Å²) < 4.78 is 5.17. The third-order valence-corrected chi connectivity index (χ3v) is 4.18. The molecule has 2 aromatic carbocycles. The second kappa shape index (κ2) is 7.63. The van der Waals surface area contributed by atoms with Crippen LogP contribution in [0.25, 0.3) is 17.3 Å². The average Bonchev–Trinajstić information content (AvgIpc) is 3.07. The number of benzene rings is 2. The van der Waals surface area contributed by atoms with Crippen LogP contribution in [-0.2, 0) is 4.79 Å². The highest BCUT2D eigenvalue weighted by atomic mass is 32.1. The molecule has 0 saturated heterocycles. The number of thiazole rings is 1. The van der Waals surface area contributed by atoms with Crippen LogP contribution in [0.4, 0.5) is 10.8 Å². The highest BCUT2D eigenvalue weighted by Gasteiger charge is 2.09. The fourth-order valence-electron chi connectivity index (χ4n) is 2.32. The molecular weight excluding hydrogens is 334 g/mol. The quantitative estimate of drug-likeness (QED) is 0.680. The van der Waals surface area contributed by atoms with Crippen LogP contribution in [-0.4, -0.2) is 18.0 Å². The van der Waals surface area contributed by atoms with E-state index < -0.39 is 0 Å². The summed E-state index contributed by atoms with van der Waals surface area (Å²) in [5.41, 5.74) is 8.85. The smallest absolute Gasteiger partial charge is 0.248 e.